The molecule has 5 heterocycles. The van der Waals surface area contributed by atoms with E-state index >= 15 is 0 Å². The van der Waals surface area contributed by atoms with Crippen molar-refractivity contribution in [2.24, 2.45) is 5.41 Å². The molecular formula is C27H35F3N4O3S. The van der Waals surface area contributed by atoms with Gasteiger partial charge in [0.25, 0.3) is 0 Å². The van der Waals surface area contributed by atoms with Crippen molar-refractivity contribution in [2.75, 3.05) is 26.4 Å². The molecule has 3 aliphatic rings. The summed E-state index contributed by atoms with van der Waals surface area (Å²) in [5.41, 5.74) is 0.747. The second-order valence-electron chi connectivity index (χ2n) is 11.0. The van der Waals surface area contributed by atoms with E-state index in [-0.39, 0.29) is 17.0 Å². The van der Waals surface area contributed by atoms with Crippen molar-refractivity contribution in [3.8, 4) is 6.07 Å². The fraction of sp³-hybridized carbons (Fsp3) is 0.704. The molecule has 0 aliphatic carbocycles. The van der Waals surface area contributed by atoms with Crippen molar-refractivity contribution in [3.63, 3.8) is 0 Å². The van der Waals surface area contributed by atoms with Crippen LogP contribution in [0.4, 0.5) is 13.2 Å². The van der Waals surface area contributed by atoms with E-state index in [2.05, 4.69) is 29.2 Å². The molecule has 11 heteroatoms. The molecule has 0 saturated carbocycles. The third-order valence-corrected chi connectivity index (χ3v) is 10.0. The zero-order chi connectivity index (χ0) is 27.0. The minimum atomic E-state index is -4.48. The van der Waals surface area contributed by atoms with E-state index in [1.165, 1.54) is 0 Å². The third-order valence-electron chi connectivity index (χ3n) is 8.53. The number of fused-ring (bicyclic) bond motifs is 2. The summed E-state index contributed by atoms with van der Waals surface area (Å²) in [6.45, 7) is 5.34. The Morgan fingerprint density at radius 2 is 2.05 bits per heavy atom. The van der Waals surface area contributed by atoms with Gasteiger partial charge in [-0.15, -0.1) is 11.3 Å². The molecule has 1 N–H and O–H groups in total. The van der Waals surface area contributed by atoms with Crippen molar-refractivity contribution in [1.29, 1.82) is 5.26 Å². The lowest BCUT2D eigenvalue weighted by Gasteiger charge is -2.47. The van der Waals surface area contributed by atoms with Gasteiger partial charge in [-0.05, 0) is 57.4 Å². The molecule has 2 atom stereocenters. The van der Waals surface area contributed by atoms with Gasteiger partial charge in [0, 0.05) is 61.1 Å². The summed E-state index contributed by atoms with van der Waals surface area (Å²) in [5.74, 6) is 0. The van der Waals surface area contributed by atoms with Gasteiger partial charge < -0.3 is 14.6 Å². The van der Waals surface area contributed by atoms with Crippen LogP contribution >= 0.6 is 11.3 Å². The van der Waals surface area contributed by atoms with Crippen molar-refractivity contribution in [3.05, 3.63) is 38.8 Å². The molecule has 7 nitrogen and oxygen atoms in total. The van der Waals surface area contributed by atoms with Crippen molar-refractivity contribution >= 4 is 11.3 Å². The van der Waals surface area contributed by atoms with Gasteiger partial charge in [-0.3, -0.25) is 9.58 Å². The monoisotopic (exact) mass is 552 g/mol. The van der Waals surface area contributed by atoms with Crippen LogP contribution in [-0.2, 0) is 47.4 Å². The van der Waals surface area contributed by atoms with Gasteiger partial charge in [-0.1, -0.05) is 0 Å². The highest BCUT2D eigenvalue weighted by Crippen LogP contribution is 2.51. The number of nitrogens with zero attached hydrogens (tertiary/aromatic N) is 4. The molecule has 2 aromatic rings. The molecule has 5 rings (SSSR count). The van der Waals surface area contributed by atoms with E-state index in [9.17, 15) is 23.5 Å². The van der Waals surface area contributed by atoms with Crippen LogP contribution in [0.3, 0.4) is 0 Å². The lowest BCUT2D eigenvalue weighted by molar-refractivity contribution is -0.135. The van der Waals surface area contributed by atoms with Crippen LogP contribution in [0.2, 0.25) is 0 Å². The molecule has 208 valence electrons. The molecule has 0 amide bonds. The molecule has 2 saturated heterocycles. The number of aromatic nitrogens is 2. The zero-order valence-electron chi connectivity index (χ0n) is 21.7. The number of aryl methyl sites for hydroxylation is 1. The Morgan fingerprint density at radius 3 is 2.74 bits per heavy atom. The summed E-state index contributed by atoms with van der Waals surface area (Å²) in [4.78, 5) is 2.30. The van der Waals surface area contributed by atoms with E-state index in [0.29, 0.717) is 62.6 Å². The Hall–Kier alpha value is -1.97. The molecule has 2 aromatic heterocycles. The maximum Gasteiger partial charge on any atom is 0.425 e. The van der Waals surface area contributed by atoms with E-state index < -0.39 is 23.3 Å². The van der Waals surface area contributed by atoms with Gasteiger partial charge in [0.1, 0.15) is 10.5 Å². The summed E-state index contributed by atoms with van der Waals surface area (Å²) in [5, 5.41) is 23.9. The number of hydrogen-bond donors (Lipinski definition) is 1. The number of thiophene rings is 1. The smallest absolute Gasteiger partial charge is 0.392 e. The molecule has 0 unspecified atom stereocenters. The van der Waals surface area contributed by atoms with E-state index in [1.54, 1.807) is 0 Å². The van der Waals surface area contributed by atoms with Crippen LogP contribution in [0.1, 0.15) is 71.9 Å². The second-order valence-corrected chi connectivity index (χ2v) is 12.0. The number of piperidine rings is 1. The quantitative estimate of drug-likeness (QED) is 0.520. The van der Waals surface area contributed by atoms with Gasteiger partial charge in [0.05, 0.1) is 30.9 Å². The zero-order valence-corrected chi connectivity index (χ0v) is 22.5. The third kappa shape index (κ3) is 5.39. The normalized spacial score (nSPS) is 25.8. The van der Waals surface area contributed by atoms with Crippen LogP contribution < -0.4 is 0 Å². The number of likely N-dealkylation sites (tertiary alicyclic amines) is 1. The highest BCUT2D eigenvalue weighted by Gasteiger charge is 2.48. The highest BCUT2D eigenvalue weighted by molar-refractivity contribution is 7.12. The first-order valence-corrected chi connectivity index (χ1v) is 14.2. The van der Waals surface area contributed by atoms with Gasteiger partial charge in [0.2, 0.25) is 0 Å². The van der Waals surface area contributed by atoms with E-state index in [1.807, 2.05) is 10.9 Å². The first-order valence-electron chi connectivity index (χ1n) is 13.4. The average Bonchev–Trinajstić information content (AvgIpc) is 3.51. The number of aliphatic hydroxyl groups is 1. The van der Waals surface area contributed by atoms with E-state index in [0.717, 1.165) is 49.1 Å². The summed E-state index contributed by atoms with van der Waals surface area (Å²) in [7, 11) is 0. The Bertz CT molecular complexity index is 1170. The molecule has 0 aromatic carbocycles. The number of rotatable bonds is 7. The van der Waals surface area contributed by atoms with Crippen molar-refractivity contribution < 1.29 is 27.8 Å². The molecule has 38 heavy (non-hydrogen) atoms. The molecule has 3 aliphatic heterocycles. The lowest BCUT2D eigenvalue weighted by Crippen LogP contribution is -2.50. The summed E-state index contributed by atoms with van der Waals surface area (Å²) < 4.78 is 54.7. The summed E-state index contributed by atoms with van der Waals surface area (Å²) in [6, 6.07) is 2.63. The Morgan fingerprint density at radius 1 is 1.26 bits per heavy atom. The predicted molar refractivity (Wildman–Crippen MR) is 135 cm³/mol. The Kier molecular flexibility index (Phi) is 7.91. The number of nitriles is 1. The summed E-state index contributed by atoms with van der Waals surface area (Å²) >= 11 is 0.760. The topological polar surface area (TPSA) is 83.5 Å². The molecular weight excluding hydrogens is 517 g/mol. The molecule has 1 spiro atoms. The van der Waals surface area contributed by atoms with Crippen LogP contribution in [0, 0.1) is 16.7 Å². The van der Waals surface area contributed by atoms with Gasteiger partial charge in [-0.25, -0.2) is 0 Å². The first kappa shape index (κ1) is 27.6. The minimum absolute atomic E-state index is 0.0279. The number of aliphatic hydroxyl groups excluding tert-OH is 1. The average molecular weight is 553 g/mol. The van der Waals surface area contributed by atoms with Crippen LogP contribution in [0.5, 0.6) is 0 Å². The number of ether oxygens (including phenoxy) is 2. The number of hydrogen-bond acceptors (Lipinski definition) is 7. The molecule has 0 radical (unpaired) electrons. The second kappa shape index (κ2) is 10.9. The van der Waals surface area contributed by atoms with Gasteiger partial charge >= 0.3 is 6.18 Å². The maximum absolute atomic E-state index is 13.7. The minimum Gasteiger partial charge on any atom is -0.392 e. The van der Waals surface area contributed by atoms with E-state index in [4.69, 9.17) is 9.47 Å². The van der Waals surface area contributed by atoms with Crippen LogP contribution in [0.25, 0.3) is 0 Å². The van der Waals surface area contributed by atoms with Crippen LogP contribution in [0.15, 0.2) is 12.4 Å². The number of alkyl halides is 3. The van der Waals surface area contributed by atoms with Crippen LogP contribution in [-0.4, -0.2) is 52.2 Å². The fourth-order valence-electron chi connectivity index (χ4n) is 6.37. The summed E-state index contributed by atoms with van der Waals surface area (Å²) in [6.07, 6.45) is 4.38. The fourth-order valence-corrected chi connectivity index (χ4v) is 7.78. The van der Waals surface area contributed by atoms with Crippen molar-refractivity contribution in [2.45, 2.75) is 89.4 Å². The molecule has 2 fully saturated rings. The first-order chi connectivity index (χ1) is 18.2. The molecule has 0 bridgehead atoms. The lowest BCUT2D eigenvalue weighted by atomic mass is 9.78. The van der Waals surface area contributed by atoms with Crippen molar-refractivity contribution in [1.82, 2.24) is 14.7 Å². The number of halogens is 3. The SMILES string of the molecule is C[C@H]1C[C@@]2(CCN1Cc1cnn(CCCC3(C#N)CCOCC3)c1)OCCc1c2sc(C(F)(F)F)c1CO. The van der Waals surface area contributed by atoms with Gasteiger partial charge in [0.15, 0.2) is 0 Å². The Balaban J connectivity index is 1.21. The highest BCUT2D eigenvalue weighted by atomic mass is 32.1. The Labute approximate surface area is 225 Å². The standard InChI is InChI=1S/C27H35F3N4O3S/c1-19-13-26(23-21(3-10-37-26)22(17-35)24(38-23)27(28,29)30)5-9-33(19)15-20-14-32-34(16-20)8-2-4-25(18-31)6-11-36-12-7-25/h14,16,19,35H,2-13,15,17H2,1H3/t19-,26+/m0/s1. The largest absolute Gasteiger partial charge is 0.425 e. The predicted octanol–water partition coefficient (Wildman–Crippen LogP) is 5.01. The van der Waals surface area contributed by atoms with Gasteiger partial charge in [-0.2, -0.15) is 23.5 Å². The maximum atomic E-state index is 13.7.